The average Bonchev–Trinajstić information content (AvgIpc) is 2.83. The maximum Gasteiger partial charge on any atom is 0.338 e. The Kier molecular flexibility index (Phi) is 7.14. The van der Waals surface area contributed by atoms with Crippen molar-refractivity contribution in [1.82, 2.24) is 4.98 Å². The molecule has 0 radical (unpaired) electrons. The third-order valence-electron chi connectivity index (χ3n) is 5.92. The van der Waals surface area contributed by atoms with E-state index < -0.39 is 0 Å². The molecule has 0 aliphatic rings. The number of carbonyl (C=O) groups is 2. The summed E-state index contributed by atoms with van der Waals surface area (Å²) in [5, 5.41) is 2.10. The normalized spacial score (nSPS) is 11.9. The highest BCUT2D eigenvalue weighted by Crippen LogP contribution is 2.21. The van der Waals surface area contributed by atoms with Crippen molar-refractivity contribution < 1.29 is 14.3 Å². The van der Waals surface area contributed by atoms with E-state index in [-0.39, 0.29) is 30.8 Å². The van der Waals surface area contributed by atoms with Gasteiger partial charge in [0.15, 0.2) is 0 Å². The number of nitrogens with two attached hydrogens (primary N) is 1. The summed E-state index contributed by atoms with van der Waals surface area (Å²) in [6.07, 6.45) is 3.87. The predicted molar refractivity (Wildman–Crippen MR) is 134 cm³/mol. The molecule has 1 aromatic heterocycles. The van der Waals surface area contributed by atoms with Gasteiger partial charge in [-0.1, -0.05) is 59.7 Å². The Balaban J connectivity index is 1.39. The predicted octanol–water partition coefficient (Wildman–Crippen LogP) is 5.06. The summed E-state index contributed by atoms with van der Waals surface area (Å²) in [7, 11) is 0. The fourth-order valence-electron chi connectivity index (χ4n) is 4.19. The topological polar surface area (TPSA) is 82.3 Å². The Morgan fingerprint density at radius 2 is 1.59 bits per heavy atom. The lowest BCUT2D eigenvalue weighted by atomic mass is 9.90. The van der Waals surface area contributed by atoms with Gasteiger partial charge in [0.2, 0.25) is 0 Å². The highest BCUT2D eigenvalue weighted by Gasteiger charge is 2.19. The van der Waals surface area contributed by atoms with E-state index in [0.29, 0.717) is 12.0 Å². The molecule has 3 aromatic carbocycles. The van der Waals surface area contributed by atoms with E-state index in [1.54, 1.807) is 6.20 Å². The van der Waals surface area contributed by atoms with Gasteiger partial charge in [0.1, 0.15) is 12.4 Å². The number of aryl methyl sites for hydroxylation is 2. The fraction of sp³-hybridized carbons (Fsp3) is 0.207. The monoisotopic (exact) mass is 452 g/mol. The van der Waals surface area contributed by atoms with Gasteiger partial charge in [0.25, 0.3) is 0 Å². The summed E-state index contributed by atoms with van der Waals surface area (Å²) >= 11 is 0. The van der Waals surface area contributed by atoms with Crippen LogP contribution in [0.2, 0.25) is 0 Å². The molecule has 5 heteroatoms. The lowest BCUT2D eigenvalue weighted by Gasteiger charge is -2.15. The molecule has 172 valence electrons. The first-order valence-corrected chi connectivity index (χ1v) is 11.3. The zero-order valence-corrected chi connectivity index (χ0v) is 19.5. The smallest absolute Gasteiger partial charge is 0.338 e. The first-order chi connectivity index (χ1) is 16.4. The second kappa shape index (κ2) is 10.4. The number of rotatable bonds is 8. The largest absolute Gasteiger partial charge is 0.457 e. The van der Waals surface area contributed by atoms with Crippen LogP contribution in [0.25, 0.3) is 10.8 Å². The van der Waals surface area contributed by atoms with Gasteiger partial charge < -0.3 is 10.5 Å². The zero-order valence-electron chi connectivity index (χ0n) is 19.5. The number of esters is 1. The number of carbonyl (C=O) groups excluding carboxylic acids is 2. The molecule has 2 N–H and O–H groups in total. The highest BCUT2D eigenvalue weighted by atomic mass is 16.5. The molecule has 0 saturated carbocycles. The molecular weight excluding hydrogens is 424 g/mol. The number of aromatic nitrogens is 1. The van der Waals surface area contributed by atoms with E-state index in [1.807, 2.05) is 86.8 Å². The van der Waals surface area contributed by atoms with E-state index in [2.05, 4.69) is 4.98 Å². The van der Waals surface area contributed by atoms with E-state index in [0.717, 1.165) is 38.6 Å². The van der Waals surface area contributed by atoms with Crippen molar-refractivity contribution in [3.8, 4) is 0 Å². The van der Waals surface area contributed by atoms with Crippen LogP contribution in [0.15, 0.2) is 79.1 Å². The highest BCUT2D eigenvalue weighted by molar-refractivity contribution is 5.90. The van der Waals surface area contributed by atoms with E-state index >= 15 is 0 Å². The molecule has 1 unspecified atom stereocenters. The molecular formula is C29H28N2O3. The van der Waals surface area contributed by atoms with Crippen LogP contribution in [0.5, 0.6) is 0 Å². The summed E-state index contributed by atoms with van der Waals surface area (Å²) in [6.45, 7) is 4.31. The number of Topliss-reactive ketones (excluding diaryl/α,β-unsaturated/α-hetero) is 1. The van der Waals surface area contributed by atoms with Crippen LogP contribution in [-0.2, 0) is 22.6 Å². The second-order valence-corrected chi connectivity index (χ2v) is 8.68. The SMILES string of the molecule is Cc1cc(C)cc(C(=O)OCc2ccc(C(CN)C(=O)Cc3ccc4cnccc4c3)cc2)c1. The lowest BCUT2D eigenvalue weighted by molar-refractivity contribution is -0.119. The molecule has 0 bridgehead atoms. The van der Waals surface area contributed by atoms with E-state index in [1.165, 1.54) is 0 Å². The lowest BCUT2D eigenvalue weighted by Crippen LogP contribution is -2.23. The zero-order chi connectivity index (χ0) is 24.1. The molecule has 1 atom stereocenters. The maximum atomic E-state index is 13.0. The molecule has 0 aliphatic heterocycles. The van der Waals surface area contributed by atoms with Crippen molar-refractivity contribution in [3.63, 3.8) is 0 Å². The Bertz CT molecular complexity index is 1310. The number of hydrogen-bond donors (Lipinski definition) is 1. The first kappa shape index (κ1) is 23.3. The van der Waals surface area contributed by atoms with Crippen molar-refractivity contribution in [2.24, 2.45) is 5.73 Å². The number of benzene rings is 3. The maximum absolute atomic E-state index is 13.0. The van der Waals surface area contributed by atoms with Crippen molar-refractivity contribution in [3.05, 3.63) is 113 Å². The van der Waals surface area contributed by atoms with Crippen LogP contribution in [0, 0.1) is 13.8 Å². The minimum atomic E-state index is -0.389. The molecule has 0 spiro atoms. The molecule has 4 aromatic rings. The van der Waals surface area contributed by atoms with Gasteiger partial charge in [0.05, 0.1) is 11.5 Å². The van der Waals surface area contributed by atoms with Crippen LogP contribution >= 0.6 is 0 Å². The Labute approximate surface area is 199 Å². The summed E-state index contributed by atoms with van der Waals surface area (Å²) in [6, 6.07) is 21.1. The minimum Gasteiger partial charge on any atom is -0.457 e. The van der Waals surface area contributed by atoms with E-state index in [9.17, 15) is 9.59 Å². The van der Waals surface area contributed by atoms with Gasteiger partial charge in [-0.05, 0) is 54.1 Å². The van der Waals surface area contributed by atoms with Gasteiger partial charge in [-0.25, -0.2) is 4.79 Å². The number of nitrogens with zero attached hydrogens (tertiary/aromatic N) is 1. The van der Waals surface area contributed by atoms with Gasteiger partial charge in [-0.15, -0.1) is 0 Å². The standard InChI is InChI=1S/C29H28N2O3/c1-19-11-20(2)13-26(12-19)29(33)34-18-21-3-6-23(7-4-21)27(16-30)28(32)15-22-5-8-25-17-31-10-9-24(25)14-22/h3-14,17,27H,15-16,18,30H2,1-2H3. The van der Waals surface area contributed by atoms with Crippen LogP contribution in [-0.4, -0.2) is 23.3 Å². The third-order valence-corrected chi connectivity index (χ3v) is 5.92. The summed E-state index contributed by atoms with van der Waals surface area (Å²) in [5.74, 6) is -0.665. The quantitative estimate of drug-likeness (QED) is 0.378. The van der Waals surface area contributed by atoms with Crippen LogP contribution < -0.4 is 5.73 Å². The van der Waals surface area contributed by atoms with Crippen LogP contribution in [0.4, 0.5) is 0 Å². The van der Waals surface area contributed by atoms with Crippen molar-refractivity contribution in [2.45, 2.75) is 32.8 Å². The first-order valence-electron chi connectivity index (χ1n) is 11.3. The average molecular weight is 453 g/mol. The summed E-state index contributed by atoms with van der Waals surface area (Å²) in [4.78, 5) is 29.6. The fourth-order valence-corrected chi connectivity index (χ4v) is 4.19. The van der Waals surface area contributed by atoms with E-state index in [4.69, 9.17) is 10.5 Å². The van der Waals surface area contributed by atoms with Crippen LogP contribution in [0.3, 0.4) is 0 Å². The third kappa shape index (κ3) is 5.56. The molecule has 34 heavy (non-hydrogen) atoms. The summed E-state index contributed by atoms with van der Waals surface area (Å²) in [5.41, 5.74) is 11.2. The summed E-state index contributed by atoms with van der Waals surface area (Å²) < 4.78 is 5.48. The number of ketones is 1. The number of ether oxygens (including phenoxy) is 1. The number of fused-ring (bicyclic) bond motifs is 1. The molecule has 1 heterocycles. The van der Waals surface area contributed by atoms with Gasteiger partial charge >= 0.3 is 5.97 Å². The molecule has 0 saturated heterocycles. The minimum absolute atomic E-state index is 0.0740. The van der Waals surface area contributed by atoms with Crippen molar-refractivity contribution >= 4 is 22.5 Å². The second-order valence-electron chi connectivity index (χ2n) is 8.68. The van der Waals surface area contributed by atoms with Gasteiger partial charge in [0, 0.05) is 30.7 Å². The molecule has 0 fully saturated rings. The van der Waals surface area contributed by atoms with Gasteiger partial charge in [-0.3, -0.25) is 9.78 Å². The molecule has 0 amide bonds. The van der Waals surface area contributed by atoms with Crippen LogP contribution in [0.1, 0.15) is 44.1 Å². The molecule has 4 rings (SSSR count). The Morgan fingerprint density at radius 3 is 2.29 bits per heavy atom. The Hall–Kier alpha value is -3.83. The molecule has 5 nitrogen and oxygen atoms in total. The van der Waals surface area contributed by atoms with Gasteiger partial charge in [-0.2, -0.15) is 0 Å². The Morgan fingerprint density at radius 1 is 0.882 bits per heavy atom. The van der Waals surface area contributed by atoms with Crippen molar-refractivity contribution in [2.75, 3.05) is 6.54 Å². The number of pyridine rings is 1. The van der Waals surface area contributed by atoms with Crippen molar-refractivity contribution in [1.29, 1.82) is 0 Å². The molecule has 0 aliphatic carbocycles. The number of hydrogen-bond acceptors (Lipinski definition) is 5.